The Morgan fingerprint density at radius 2 is 1.38 bits per heavy atom. The van der Waals surface area contributed by atoms with Crippen molar-refractivity contribution < 1.29 is 18.7 Å². The van der Waals surface area contributed by atoms with Gasteiger partial charge in [-0.05, 0) is 73.0 Å². The molecule has 4 nitrogen and oxygen atoms in total. The van der Waals surface area contributed by atoms with Crippen molar-refractivity contribution in [1.29, 1.82) is 0 Å². The molecule has 1 atom stereocenters. The maximum absolute atomic E-state index is 14.3. The maximum Gasteiger partial charge on any atom is 0.181 e. The van der Waals surface area contributed by atoms with Gasteiger partial charge < -0.3 is 13.9 Å². The highest BCUT2D eigenvalue weighted by Crippen LogP contribution is 2.41. The number of benzene rings is 3. The van der Waals surface area contributed by atoms with Crippen molar-refractivity contribution in [3.8, 4) is 11.5 Å². The third-order valence-electron chi connectivity index (χ3n) is 5.80. The zero-order valence-electron chi connectivity index (χ0n) is 18.5. The molecule has 162 valence electrons. The van der Waals surface area contributed by atoms with E-state index in [0.29, 0.717) is 23.5 Å². The Labute approximate surface area is 188 Å². The number of ketones is 1. The van der Waals surface area contributed by atoms with E-state index in [2.05, 4.69) is 0 Å². The van der Waals surface area contributed by atoms with Gasteiger partial charge in [0.05, 0.1) is 14.2 Å². The fourth-order valence-corrected chi connectivity index (χ4v) is 4.08. The van der Waals surface area contributed by atoms with Crippen molar-refractivity contribution in [3.63, 3.8) is 0 Å². The van der Waals surface area contributed by atoms with Crippen LogP contribution in [0.5, 0.6) is 11.5 Å². The predicted octanol–water partition coefficient (Wildman–Crippen LogP) is 6.02. The molecular formula is C28H26O4. The highest BCUT2D eigenvalue weighted by atomic mass is 16.5. The predicted molar refractivity (Wildman–Crippen MR) is 125 cm³/mol. The number of furan rings is 1. The Bertz CT molecular complexity index is 1170. The number of carbonyl (C=O) groups excluding carboxylic acids is 1. The lowest BCUT2D eigenvalue weighted by molar-refractivity contribution is 0.0894. The second-order valence-electron chi connectivity index (χ2n) is 7.76. The summed E-state index contributed by atoms with van der Waals surface area (Å²) >= 11 is 0. The molecule has 4 rings (SSSR count). The summed E-state index contributed by atoms with van der Waals surface area (Å²) in [5, 5.41) is 0. The molecule has 3 aromatic carbocycles. The molecule has 0 radical (unpaired) electrons. The Kier molecular flexibility index (Phi) is 6.13. The normalized spacial score (nSPS) is 12.7. The molecule has 0 N–H and O–H groups in total. The number of aryl methyl sites for hydroxylation is 1. The second-order valence-corrected chi connectivity index (χ2v) is 7.76. The van der Waals surface area contributed by atoms with E-state index in [1.807, 2.05) is 85.8 Å². The van der Waals surface area contributed by atoms with E-state index in [1.54, 1.807) is 26.4 Å². The summed E-state index contributed by atoms with van der Waals surface area (Å²) in [6.07, 6.45) is 0.456. The van der Waals surface area contributed by atoms with Crippen LogP contribution in [0, 0.1) is 6.92 Å². The number of hydrogen-bond acceptors (Lipinski definition) is 4. The number of rotatable bonds is 8. The molecule has 0 saturated carbocycles. The number of carbonyl (C=O) groups is 1. The van der Waals surface area contributed by atoms with Crippen molar-refractivity contribution in [2.75, 3.05) is 14.2 Å². The molecule has 4 heteroatoms. The van der Waals surface area contributed by atoms with Gasteiger partial charge in [-0.3, -0.25) is 4.79 Å². The highest BCUT2D eigenvalue weighted by molar-refractivity contribution is 6.06. The van der Waals surface area contributed by atoms with Gasteiger partial charge in [-0.15, -0.1) is 0 Å². The lowest BCUT2D eigenvalue weighted by Crippen LogP contribution is -2.39. The molecule has 0 saturated heterocycles. The van der Waals surface area contributed by atoms with Crippen LogP contribution in [0.2, 0.25) is 0 Å². The Morgan fingerprint density at radius 1 is 0.781 bits per heavy atom. The first-order valence-electron chi connectivity index (χ1n) is 10.5. The monoisotopic (exact) mass is 426 g/mol. The van der Waals surface area contributed by atoms with Gasteiger partial charge in [-0.2, -0.15) is 0 Å². The molecule has 0 aliphatic heterocycles. The van der Waals surface area contributed by atoms with Crippen LogP contribution in [0.15, 0.2) is 95.4 Å². The minimum absolute atomic E-state index is 0.0384. The molecule has 0 amide bonds. The fraction of sp³-hybridized carbons (Fsp3) is 0.179. The lowest BCUT2D eigenvalue weighted by Gasteiger charge is -2.32. The van der Waals surface area contributed by atoms with Gasteiger partial charge in [-0.25, -0.2) is 0 Å². The highest BCUT2D eigenvalue weighted by Gasteiger charge is 2.45. The Morgan fingerprint density at radius 3 is 1.91 bits per heavy atom. The standard InChI is InChI=1S/C28H26O4/c1-20-9-18-26(32-20)28(19-21-7-5-4-6-8-21,23-12-16-25(31-3)17-13-23)27(29)22-10-14-24(30-2)15-11-22/h4-18H,19H2,1-3H3. The Balaban J connectivity index is 1.95. The SMILES string of the molecule is COc1ccc(C(=O)C(Cc2ccccc2)(c2ccc(OC)cc2)c2ccc(C)o2)cc1. The molecule has 0 aliphatic carbocycles. The summed E-state index contributed by atoms with van der Waals surface area (Å²) in [5.41, 5.74) is 1.43. The number of Topliss-reactive ketones (excluding diaryl/α,β-unsaturated/α-hetero) is 1. The molecule has 32 heavy (non-hydrogen) atoms. The second kappa shape index (κ2) is 9.15. The molecule has 0 bridgehead atoms. The molecule has 0 fully saturated rings. The van der Waals surface area contributed by atoms with E-state index < -0.39 is 5.41 Å². The fourth-order valence-electron chi connectivity index (χ4n) is 4.08. The average Bonchev–Trinajstić information content (AvgIpc) is 3.29. The third-order valence-corrected chi connectivity index (χ3v) is 5.80. The first kappa shape index (κ1) is 21.4. The van der Waals surface area contributed by atoms with E-state index in [4.69, 9.17) is 13.9 Å². The van der Waals surface area contributed by atoms with Gasteiger partial charge in [0.1, 0.15) is 28.4 Å². The van der Waals surface area contributed by atoms with Gasteiger partial charge in [0.15, 0.2) is 5.78 Å². The minimum atomic E-state index is -1.05. The number of hydrogen-bond donors (Lipinski definition) is 0. The van der Waals surface area contributed by atoms with Crippen LogP contribution >= 0.6 is 0 Å². The van der Waals surface area contributed by atoms with Gasteiger partial charge in [0.2, 0.25) is 0 Å². The molecule has 1 unspecified atom stereocenters. The first-order valence-corrected chi connectivity index (χ1v) is 10.5. The van der Waals surface area contributed by atoms with E-state index >= 15 is 0 Å². The van der Waals surface area contributed by atoms with Crippen LogP contribution in [0.25, 0.3) is 0 Å². The maximum atomic E-state index is 14.3. The zero-order valence-corrected chi connectivity index (χ0v) is 18.5. The van der Waals surface area contributed by atoms with Gasteiger partial charge >= 0.3 is 0 Å². The minimum Gasteiger partial charge on any atom is -0.497 e. The van der Waals surface area contributed by atoms with Crippen molar-refractivity contribution in [2.24, 2.45) is 0 Å². The van der Waals surface area contributed by atoms with Gasteiger partial charge in [-0.1, -0.05) is 42.5 Å². The van der Waals surface area contributed by atoms with Crippen molar-refractivity contribution in [3.05, 3.63) is 119 Å². The van der Waals surface area contributed by atoms with Crippen LogP contribution in [-0.2, 0) is 11.8 Å². The summed E-state index contributed by atoms with van der Waals surface area (Å²) in [5.74, 6) is 2.77. The molecule has 0 spiro atoms. The lowest BCUT2D eigenvalue weighted by atomic mass is 9.68. The van der Waals surface area contributed by atoms with Crippen molar-refractivity contribution in [1.82, 2.24) is 0 Å². The van der Waals surface area contributed by atoms with E-state index in [0.717, 1.165) is 22.6 Å². The first-order chi connectivity index (χ1) is 15.6. The summed E-state index contributed by atoms with van der Waals surface area (Å²) in [6.45, 7) is 1.89. The largest absolute Gasteiger partial charge is 0.497 e. The average molecular weight is 427 g/mol. The zero-order chi connectivity index (χ0) is 22.6. The molecular weight excluding hydrogens is 400 g/mol. The molecule has 0 aliphatic rings. The summed E-state index contributed by atoms with van der Waals surface area (Å²) in [7, 11) is 3.24. The van der Waals surface area contributed by atoms with Crippen molar-refractivity contribution in [2.45, 2.75) is 18.8 Å². The molecule has 4 aromatic rings. The third kappa shape index (κ3) is 4.04. The number of ether oxygens (including phenoxy) is 2. The summed E-state index contributed by atoms with van der Waals surface area (Å²) in [6, 6.07) is 28.7. The van der Waals surface area contributed by atoms with Crippen LogP contribution in [0.4, 0.5) is 0 Å². The summed E-state index contributed by atoms with van der Waals surface area (Å²) < 4.78 is 16.8. The van der Waals surface area contributed by atoms with Crippen LogP contribution in [0.3, 0.4) is 0 Å². The number of methoxy groups -OCH3 is 2. The smallest absolute Gasteiger partial charge is 0.181 e. The Hall–Kier alpha value is -3.79. The summed E-state index contributed by atoms with van der Waals surface area (Å²) in [4.78, 5) is 14.3. The van der Waals surface area contributed by atoms with Gasteiger partial charge in [0, 0.05) is 5.56 Å². The van der Waals surface area contributed by atoms with E-state index in [-0.39, 0.29) is 5.78 Å². The van der Waals surface area contributed by atoms with Crippen molar-refractivity contribution >= 4 is 5.78 Å². The van der Waals surface area contributed by atoms with E-state index in [1.165, 1.54) is 0 Å². The van der Waals surface area contributed by atoms with E-state index in [9.17, 15) is 4.79 Å². The van der Waals surface area contributed by atoms with Crippen LogP contribution in [-0.4, -0.2) is 20.0 Å². The van der Waals surface area contributed by atoms with Crippen LogP contribution in [0.1, 0.15) is 33.0 Å². The molecule has 1 aromatic heterocycles. The topological polar surface area (TPSA) is 48.7 Å². The van der Waals surface area contributed by atoms with Crippen LogP contribution < -0.4 is 9.47 Å². The molecule has 1 heterocycles. The quantitative estimate of drug-likeness (QED) is 0.323. The van der Waals surface area contributed by atoms with Gasteiger partial charge in [0.25, 0.3) is 0 Å².